The number of nitrogens with one attached hydrogen (secondary N) is 1. The van der Waals surface area contributed by atoms with Crippen molar-refractivity contribution >= 4 is 22.6 Å². The minimum Gasteiger partial charge on any atom is -0.353 e. The van der Waals surface area contributed by atoms with Gasteiger partial charge in [-0.1, -0.05) is 13.8 Å². The quantitative estimate of drug-likeness (QED) is 0.849. The maximum atomic E-state index is 11.7. The summed E-state index contributed by atoms with van der Waals surface area (Å²) in [5.41, 5.74) is 0. The van der Waals surface area contributed by atoms with Crippen LogP contribution in [0.1, 0.15) is 26.1 Å². The fraction of sp³-hybridized carbons (Fsp3) is 0.700. The second-order valence-corrected chi connectivity index (χ2v) is 4.49. The van der Waals surface area contributed by atoms with E-state index in [-0.39, 0.29) is 11.9 Å². The summed E-state index contributed by atoms with van der Waals surface area (Å²) in [7, 11) is 0. The van der Waals surface area contributed by atoms with Crippen LogP contribution in [0.5, 0.6) is 0 Å². The van der Waals surface area contributed by atoms with Gasteiger partial charge < -0.3 is 10.2 Å². The Morgan fingerprint density at radius 1 is 1.56 bits per heavy atom. The van der Waals surface area contributed by atoms with Crippen LogP contribution in [-0.4, -0.2) is 34.4 Å². The molecule has 88 valence electrons. The largest absolute Gasteiger partial charge is 0.353 e. The SMILES string of the molecule is CCc1nsc(N2CCNC(=O)C2CC)n1. The first-order valence-corrected chi connectivity index (χ1v) is 6.40. The second kappa shape index (κ2) is 4.78. The lowest BCUT2D eigenvalue weighted by Crippen LogP contribution is -2.55. The van der Waals surface area contributed by atoms with Gasteiger partial charge in [-0.05, 0) is 6.42 Å². The zero-order valence-corrected chi connectivity index (χ0v) is 10.4. The zero-order valence-electron chi connectivity index (χ0n) is 9.56. The summed E-state index contributed by atoms with van der Waals surface area (Å²) in [6, 6.07) is -0.0913. The first-order chi connectivity index (χ1) is 7.76. The van der Waals surface area contributed by atoms with Crippen LogP contribution in [0.15, 0.2) is 0 Å². The predicted octanol–water partition coefficient (Wildman–Crippen LogP) is 0.815. The molecule has 1 aliphatic heterocycles. The standard InChI is InChI=1S/C10H16N4OS/c1-3-7-9(15)11-5-6-14(7)10-12-8(4-2)13-16-10/h7H,3-6H2,1-2H3,(H,11,15). The Hall–Kier alpha value is -1.17. The number of aryl methyl sites for hydroxylation is 1. The second-order valence-electron chi connectivity index (χ2n) is 3.76. The Labute approximate surface area is 99.0 Å². The highest BCUT2D eigenvalue weighted by Crippen LogP contribution is 2.22. The highest BCUT2D eigenvalue weighted by atomic mass is 32.1. The van der Waals surface area contributed by atoms with E-state index >= 15 is 0 Å². The van der Waals surface area contributed by atoms with Gasteiger partial charge in [-0.3, -0.25) is 4.79 Å². The van der Waals surface area contributed by atoms with E-state index in [4.69, 9.17) is 0 Å². The number of amides is 1. The van der Waals surface area contributed by atoms with Gasteiger partial charge >= 0.3 is 0 Å². The Morgan fingerprint density at radius 2 is 2.38 bits per heavy atom. The van der Waals surface area contributed by atoms with Gasteiger partial charge in [-0.25, -0.2) is 4.98 Å². The number of hydrogen-bond donors (Lipinski definition) is 1. The Kier molecular flexibility index (Phi) is 3.38. The summed E-state index contributed by atoms with van der Waals surface area (Å²) in [6.45, 7) is 5.56. The summed E-state index contributed by atoms with van der Waals surface area (Å²) < 4.78 is 4.26. The van der Waals surface area contributed by atoms with Gasteiger partial charge in [-0.2, -0.15) is 4.37 Å². The molecule has 1 unspecified atom stereocenters. The zero-order chi connectivity index (χ0) is 11.5. The van der Waals surface area contributed by atoms with Crippen LogP contribution < -0.4 is 10.2 Å². The van der Waals surface area contributed by atoms with Crippen molar-refractivity contribution in [3.8, 4) is 0 Å². The summed E-state index contributed by atoms with van der Waals surface area (Å²) in [5.74, 6) is 0.961. The highest BCUT2D eigenvalue weighted by Gasteiger charge is 2.30. The summed E-state index contributed by atoms with van der Waals surface area (Å²) >= 11 is 1.39. The number of nitrogens with zero attached hydrogens (tertiary/aromatic N) is 3. The molecule has 1 aromatic heterocycles. The first kappa shape index (κ1) is 11.3. The monoisotopic (exact) mass is 240 g/mol. The van der Waals surface area contributed by atoms with Gasteiger partial charge in [0.05, 0.1) is 0 Å². The molecule has 0 saturated carbocycles. The molecule has 2 rings (SSSR count). The molecule has 2 heterocycles. The number of hydrogen-bond acceptors (Lipinski definition) is 5. The lowest BCUT2D eigenvalue weighted by atomic mass is 10.1. The van der Waals surface area contributed by atoms with E-state index in [1.807, 2.05) is 13.8 Å². The maximum Gasteiger partial charge on any atom is 0.242 e. The van der Waals surface area contributed by atoms with Crippen LogP contribution in [0.25, 0.3) is 0 Å². The van der Waals surface area contributed by atoms with Gasteiger partial charge in [0.2, 0.25) is 11.0 Å². The van der Waals surface area contributed by atoms with Gasteiger partial charge in [0.25, 0.3) is 0 Å². The Morgan fingerprint density at radius 3 is 3.00 bits per heavy atom. The topological polar surface area (TPSA) is 58.1 Å². The Balaban J connectivity index is 2.20. The van der Waals surface area contributed by atoms with Crippen LogP contribution in [0, 0.1) is 0 Å². The minimum absolute atomic E-state index is 0.0913. The molecule has 0 bridgehead atoms. The third-order valence-electron chi connectivity index (χ3n) is 2.74. The number of rotatable bonds is 3. The molecule has 0 aliphatic carbocycles. The summed E-state index contributed by atoms with van der Waals surface area (Å²) in [6.07, 6.45) is 1.64. The van der Waals surface area contributed by atoms with Crippen molar-refractivity contribution in [2.45, 2.75) is 32.7 Å². The van der Waals surface area contributed by atoms with Crippen molar-refractivity contribution in [3.05, 3.63) is 5.82 Å². The number of carbonyl (C=O) groups is 1. The van der Waals surface area contributed by atoms with Crippen LogP contribution in [0.2, 0.25) is 0 Å². The maximum absolute atomic E-state index is 11.7. The van der Waals surface area contributed by atoms with Gasteiger partial charge in [-0.15, -0.1) is 0 Å². The van der Waals surface area contributed by atoms with Crippen LogP contribution >= 0.6 is 11.5 Å². The predicted molar refractivity (Wildman–Crippen MR) is 63.7 cm³/mol. The fourth-order valence-electron chi connectivity index (χ4n) is 1.85. The van der Waals surface area contributed by atoms with Gasteiger partial charge in [0.15, 0.2) is 0 Å². The molecule has 1 aliphatic rings. The molecule has 6 heteroatoms. The van der Waals surface area contributed by atoms with Crippen LogP contribution in [0.4, 0.5) is 5.13 Å². The lowest BCUT2D eigenvalue weighted by molar-refractivity contribution is -0.123. The van der Waals surface area contributed by atoms with Crippen LogP contribution in [-0.2, 0) is 11.2 Å². The first-order valence-electron chi connectivity index (χ1n) is 5.63. The van der Waals surface area contributed by atoms with E-state index in [0.717, 1.165) is 30.3 Å². The number of anilines is 1. The molecule has 16 heavy (non-hydrogen) atoms. The average Bonchev–Trinajstić information content (AvgIpc) is 2.77. The molecule has 1 N–H and O–H groups in total. The van der Waals surface area contributed by atoms with E-state index < -0.39 is 0 Å². The lowest BCUT2D eigenvalue weighted by Gasteiger charge is -2.33. The normalized spacial score (nSPS) is 21.0. The molecule has 0 aromatic carbocycles. The van der Waals surface area contributed by atoms with Crippen molar-refractivity contribution in [2.75, 3.05) is 18.0 Å². The van der Waals surface area contributed by atoms with Gasteiger partial charge in [0, 0.05) is 31.0 Å². The molecular weight excluding hydrogens is 224 g/mol. The van der Waals surface area contributed by atoms with Crippen molar-refractivity contribution in [3.63, 3.8) is 0 Å². The molecule has 1 atom stereocenters. The van der Waals surface area contributed by atoms with Crippen LogP contribution in [0.3, 0.4) is 0 Å². The minimum atomic E-state index is -0.0913. The number of aromatic nitrogens is 2. The van der Waals surface area contributed by atoms with E-state index in [9.17, 15) is 4.79 Å². The third-order valence-corrected chi connectivity index (χ3v) is 3.53. The molecule has 1 fully saturated rings. The van der Waals surface area contributed by atoms with E-state index in [2.05, 4.69) is 19.6 Å². The fourth-order valence-corrected chi connectivity index (χ4v) is 2.68. The van der Waals surface area contributed by atoms with Crippen molar-refractivity contribution in [2.24, 2.45) is 0 Å². The Bertz CT molecular complexity index is 379. The molecule has 0 radical (unpaired) electrons. The summed E-state index contributed by atoms with van der Waals surface area (Å²) in [5, 5.41) is 3.75. The highest BCUT2D eigenvalue weighted by molar-refractivity contribution is 7.09. The van der Waals surface area contributed by atoms with Gasteiger partial charge in [0.1, 0.15) is 11.9 Å². The van der Waals surface area contributed by atoms with E-state index in [1.165, 1.54) is 11.5 Å². The molecule has 0 spiro atoms. The average molecular weight is 240 g/mol. The number of piperazine rings is 1. The van der Waals surface area contributed by atoms with Crippen molar-refractivity contribution in [1.29, 1.82) is 0 Å². The smallest absolute Gasteiger partial charge is 0.242 e. The van der Waals surface area contributed by atoms with E-state index in [0.29, 0.717) is 6.54 Å². The van der Waals surface area contributed by atoms with Crippen molar-refractivity contribution in [1.82, 2.24) is 14.7 Å². The molecule has 5 nitrogen and oxygen atoms in total. The van der Waals surface area contributed by atoms with E-state index in [1.54, 1.807) is 0 Å². The molecule has 1 saturated heterocycles. The molecule has 1 aromatic rings. The molecule has 1 amide bonds. The van der Waals surface area contributed by atoms with Crippen molar-refractivity contribution < 1.29 is 4.79 Å². The third kappa shape index (κ3) is 2.02. The number of carbonyl (C=O) groups excluding carboxylic acids is 1. The molecular formula is C10H16N4OS. The summed E-state index contributed by atoms with van der Waals surface area (Å²) in [4.78, 5) is 18.2.